The number of rotatable bonds is 8. The van der Waals surface area contributed by atoms with E-state index in [2.05, 4.69) is 9.97 Å². The average molecular weight is 601 g/mol. The van der Waals surface area contributed by atoms with Gasteiger partial charge in [-0.05, 0) is 84.7 Å². The van der Waals surface area contributed by atoms with Crippen LogP contribution in [-0.2, 0) is 21.2 Å². The zero-order valence-electron chi connectivity index (χ0n) is 25.0. The van der Waals surface area contributed by atoms with E-state index in [9.17, 15) is 22.4 Å². The summed E-state index contributed by atoms with van der Waals surface area (Å²) in [5, 5.41) is -0.414. The molecular weight excluding hydrogens is 563 g/mol. The molecule has 0 spiro atoms. The molecule has 0 unspecified atom stereocenters. The van der Waals surface area contributed by atoms with E-state index in [1.54, 1.807) is 30.0 Å². The van der Waals surface area contributed by atoms with Crippen LogP contribution in [0.3, 0.4) is 0 Å². The number of hydrogen-bond donors (Lipinski definition) is 0. The predicted octanol–water partition coefficient (Wildman–Crippen LogP) is 4.51. The van der Waals surface area contributed by atoms with Crippen LogP contribution in [0.4, 0.5) is 4.39 Å². The van der Waals surface area contributed by atoms with E-state index in [0.29, 0.717) is 22.8 Å². The fourth-order valence-corrected chi connectivity index (χ4v) is 6.52. The van der Waals surface area contributed by atoms with Crippen molar-refractivity contribution in [2.75, 3.05) is 12.5 Å². The highest BCUT2D eigenvalue weighted by Gasteiger charge is 2.35. The number of halogens is 1. The summed E-state index contributed by atoms with van der Waals surface area (Å²) < 4.78 is 53.1. The first kappa shape index (κ1) is 31.1. The van der Waals surface area contributed by atoms with Crippen LogP contribution in [0.5, 0.6) is 11.5 Å². The lowest BCUT2D eigenvalue weighted by Crippen LogP contribution is -2.55. The lowest BCUT2D eigenvalue weighted by atomic mass is 9.95. The highest BCUT2D eigenvalue weighted by molar-refractivity contribution is 7.91. The Hall–Kier alpha value is -3.80. The highest BCUT2D eigenvalue weighted by Crippen LogP contribution is 2.33. The second-order valence-corrected chi connectivity index (χ2v) is 14.4. The third-order valence-corrected chi connectivity index (χ3v) is 8.20. The molecule has 12 heteroatoms. The molecule has 3 heterocycles. The standard InChI is InChI=1S/C30H37FN4O6S/c1-19-13-23(21-15-22(31)27(37)34(17-21)16-20-10-11-24-25(14-20)41-18-40-24)33-28(32-19)42(38,39)12-8-9-26(36)35(29(2,3)4)30(5,6)7/h10-11,13-15,17H,8-9,12,16,18H2,1-7H3. The summed E-state index contributed by atoms with van der Waals surface area (Å²) in [6.07, 6.45) is 1.56. The fraction of sp³-hybridized carbons (Fsp3) is 0.467. The minimum absolute atomic E-state index is 0.0441. The number of nitrogens with zero attached hydrogens (tertiary/aromatic N) is 4. The molecule has 0 saturated carbocycles. The number of fused-ring (bicyclic) bond motifs is 1. The number of carbonyl (C=O) groups is 1. The molecule has 1 aliphatic rings. The molecule has 0 saturated heterocycles. The number of amides is 1. The van der Waals surface area contributed by atoms with Gasteiger partial charge in [0.05, 0.1) is 18.0 Å². The van der Waals surface area contributed by atoms with Crippen molar-refractivity contribution in [1.29, 1.82) is 0 Å². The molecule has 1 aromatic carbocycles. The van der Waals surface area contributed by atoms with Crippen molar-refractivity contribution in [2.24, 2.45) is 0 Å². The van der Waals surface area contributed by atoms with Gasteiger partial charge in [0, 0.05) is 35.0 Å². The maximum atomic E-state index is 14.8. The molecule has 2 aromatic heterocycles. The number of aromatic nitrogens is 3. The third-order valence-electron chi connectivity index (χ3n) is 6.63. The van der Waals surface area contributed by atoms with Gasteiger partial charge in [0.2, 0.25) is 27.7 Å². The zero-order valence-corrected chi connectivity index (χ0v) is 25.8. The van der Waals surface area contributed by atoms with Crippen molar-refractivity contribution in [2.45, 2.75) is 84.1 Å². The Labute approximate surface area is 245 Å². The summed E-state index contributed by atoms with van der Waals surface area (Å²) in [4.78, 5) is 35.8. The molecule has 0 fully saturated rings. The molecule has 42 heavy (non-hydrogen) atoms. The monoisotopic (exact) mass is 600 g/mol. The molecule has 3 aromatic rings. The number of carbonyl (C=O) groups excluding carboxylic acids is 1. The average Bonchev–Trinajstić information content (AvgIpc) is 3.32. The maximum absolute atomic E-state index is 14.8. The van der Waals surface area contributed by atoms with Crippen LogP contribution in [0.25, 0.3) is 11.3 Å². The minimum atomic E-state index is -3.97. The quantitative estimate of drug-likeness (QED) is 0.347. The molecule has 10 nitrogen and oxygen atoms in total. The molecule has 1 aliphatic heterocycles. The molecule has 0 aliphatic carbocycles. The second kappa shape index (κ2) is 11.5. The van der Waals surface area contributed by atoms with E-state index in [1.165, 1.54) is 16.8 Å². The second-order valence-electron chi connectivity index (χ2n) is 12.4. The minimum Gasteiger partial charge on any atom is -0.454 e. The van der Waals surface area contributed by atoms with Crippen LogP contribution < -0.4 is 15.0 Å². The van der Waals surface area contributed by atoms with Crippen molar-refractivity contribution < 1.29 is 27.1 Å². The number of benzene rings is 1. The molecular formula is C30H37FN4O6S. The molecule has 0 bridgehead atoms. The molecule has 0 N–H and O–H groups in total. The number of hydrogen-bond acceptors (Lipinski definition) is 8. The van der Waals surface area contributed by atoms with Crippen LogP contribution in [0.15, 0.2) is 46.5 Å². The van der Waals surface area contributed by atoms with Gasteiger partial charge in [-0.15, -0.1) is 0 Å². The van der Waals surface area contributed by atoms with Gasteiger partial charge in [0.25, 0.3) is 5.56 Å². The third kappa shape index (κ3) is 6.97. The summed E-state index contributed by atoms with van der Waals surface area (Å²) in [6.45, 7) is 13.4. The van der Waals surface area contributed by atoms with Crippen LogP contribution in [0, 0.1) is 12.7 Å². The molecule has 0 radical (unpaired) electrons. The Bertz CT molecular complexity index is 1660. The number of ether oxygens (including phenoxy) is 2. The molecule has 1 amide bonds. The van der Waals surface area contributed by atoms with E-state index in [1.807, 2.05) is 41.5 Å². The summed E-state index contributed by atoms with van der Waals surface area (Å²) in [7, 11) is -3.97. The van der Waals surface area contributed by atoms with Crippen molar-refractivity contribution in [3.63, 3.8) is 0 Å². The topological polar surface area (TPSA) is 121 Å². The van der Waals surface area contributed by atoms with Crippen molar-refractivity contribution in [3.05, 3.63) is 64.0 Å². The lowest BCUT2D eigenvalue weighted by Gasteiger charge is -2.45. The van der Waals surface area contributed by atoms with Crippen LogP contribution in [-0.4, -0.2) is 57.4 Å². The lowest BCUT2D eigenvalue weighted by molar-refractivity contribution is -0.142. The molecule has 4 rings (SSSR count). The van der Waals surface area contributed by atoms with Gasteiger partial charge in [0.1, 0.15) is 0 Å². The van der Waals surface area contributed by atoms with Crippen molar-refractivity contribution in [1.82, 2.24) is 19.4 Å². The first-order valence-corrected chi connectivity index (χ1v) is 15.3. The van der Waals surface area contributed by atoms with Gasteiger partial charge in [-0.25, -0.2) is 22.8 Å². The van der Waals surface area contributed by atoms with E-state index in [4.69, 9.17) is 9.47 Å². The van der Waals surface area contributed by atoms with Crippen LogP contribution in [0.2, 0.25) is 0 Å². The van der Waals surface area contributed by atoms with E-state index >= 15 is 0 Å². The van der Waals surface area contributed by atoms with Gasteiger partial charge in [-0.2, -0.15) is 0 Å². The Morgan fingerprint density at radius 3 is 2.36 bits per heavy atom. The largest absolute Gasteiger partial charge is 0.454 e. The number of sulfone groups is 1. The van der Waals surface area contributed by atoms with E-state index < -0.39 is 37.4 Å². The Morgan fingerprint density at radius 2 is 1.69 bits per heavy atom. The summed E-state index contributed by atoms with van der Waals surface area (Å²) in [6, 6.07) is 7.73. The van der Waals surface area contributed by atoms with Gasteiger partial charge < -0.3 is 18.9 Å². The summed E-state index contributed by atoms with van der Waals surface area (Å²) >= 11 is 0. The van der Waals surface area contributed by atoms with Gasteiger partial charge in [-0.1, -0.05) is 6.07 Å². The predicted molar refractivity (Wildman–Crippen MR) is 156 cm³/mol. The van der Waals surface area contributed by atoms with Gasteiger partial charge in [0.15, 0.2) is 17.3 Å². The Balaban J connectivity index is 1.56. The zero-order chi connectivity index (χ0) is 31.0. The van der Waals surface area contributed by atoms with Crippen LogP contribution >= 0.6 is 0 Å². The normalized spacial score (nSPS) is 13.3. The van der Waals surface area contributed by atoms with Gasteiger partial charge >= 0.3 is 0 Å². The van der Waals surface area contributed by atoms with Crippen molar-refractivity contribution in [3.8, 4) is 22.8 Å². The summed E-state index contributed by atoms with van der Waals surface area (Å²) in [5.74, 6) is -0.362. The SMILES string of the molecule is Cc1cc(-c2cc(F)c(=O)n(Cc3ccc4c(c3)OCO4)c2)nc(S(=O)(=O)CCCC(=O)N(C(C)(C)C)C(C)(C)C)n1. The molecule has 0 atom stereocenters. The van der Waals surface area contributed by atoms with Crippen LogP contribution in [0.1, 0.15) is 65.6 Å². The smallest absolute Gasteiger partial charge is 0.286 e. The number of pyridine rings is 1. The first-order valence-electron chi connectivity index (χ1n) is 13.7. The Morgan fingerprint density at radius 1 is 1.02 bits per heavy atom. The number of aryl methyl sites for hydroxylation is 1. The Kier molecular flexibility index (Phi) is 8.50. The van der Waals surface area contributed by atoms with E-state index in [0.717, 1.165) is 6.07 Å². The first-order chi connectivity index (χ1) is 19.5. The fourth-order valence-electron chi connectivity index (χ4n) is 5.29. The molecule has 226 valence electrons. The maximum Gasteiger partial charge on any atom is 0.286 e. The van der Waals surface area contributed by atoms with Gasteiger partial charge in [-0.3, -0.25) is 9.59 Å². The highest BCUT2D eigenvalue weighted by atomic mass is 32.2. The summed E-state index contributed by atoms with van der Waals surface area (Å²) in [5.41, 5.74) is -0.284. The van der Waals surface area contributed by atoms with Crippen molar-refractivity contribution >= 4 is 15.7 Å². The van der Waals surface area contributed by atoms with E-state index in [-0.39, 0.29) is 49.1 Å².